The van der Waals surface area contributed by atoms with Gasteiger partial charge in [0.1, 0.15) is 0 Å². The Kier molecular flexibility index (Phi) is 4.71. The number of nitro groups is 1. The predicted octanol–water partition coefficient (Wildman–Crippen LogP) is 1.46. The lowest BCUT2D eigenvalue weighted by Crippen LogP contribution is -2.26. The molecule has 0 amide bonds. The molecule has 0 spiro atoms. The second-order valence-corrected chi connectivity index (χ2v) is 3.55. The SMILES string of the molecule is CCN(CCO)c1cc(NC)cc([N+](=O)[O-])c1. The summed E-state index contributed by atoms with van der Waals surface area (Å²) in [5.41, 5.74) is 1.47. The molecule has 0 bridgehead atoms. The van der Waals surface area contributed by atoms with Crippen LogP contribution in [0.2, 0.25) is 0 Å². The molecule has 0 atom stereocenters. The van der Waals surface area contributed by atoms with Gasteiger partial charge in [0.25, 0.3) is 5.69 Å². The highest BCUT2D eigenvalue weighted by Gasteiger charge is 2.12. The Morgan fingerprint density at radius 3 is 2.65 bits per heavy atom. The van der Waals surface area contributed by atoms with Gasteiger partial charge in [0.05, 0.1) is 11.5 Å². The Morgan fingerprint density at radius 2 is 2.18 bits per heavy atom. The molecule has 0 aromatic heterocycles. The summed E-state index contributed by atoms with van der Waals surface area (Å²) in [6, 6.07) is 4.82. The molecular formula is C11H17N3O3. The largest absolute Gasteiger partial charge is 0.395 e. The number of aliphatic hydroxyl groups excluding tert-OH is 1. The van der Waals surface area contributed by atoms with E-state index >= 15 is 0 Å². The summed E-state index contributed by atoms with van der Waals surface area (Å²) in [4.78, 5) is 12.3. The predicted molar refractivity (Wildman–Crippen MR) is 67.6 cm³/mol. The zero-order valence-electron chi connectivity index (χ0n) is 10.0. The van der Waals surface area contributed by atoms with Gasteiger partial charge in [-0.25, -0.2) is 0 Å². The van der Waals surface area contributed by atoms with E-state index < -0.39 is 4.92 Å². The van der Waals surface area contributed by atoms with Crippen LogP contribution in [0, 0.1) is 10.1 Å². The molecule has 0 aliphatic heterocycles. The van der Waals surface area contributed by atoms with Crippen molar-refractivity contribution in [3.63, 3.8) is 0 Å². The Bertz CT molecular complexity index is 396. The number of likely N-dealkylation sites (N-methyl/N-ethyl adjacent to an activating group) is 1. The van der Waals surface area contributed by atoms with E-state index in [9.17, 15) is 10.1 Å². The lowest BCUT2D eigenvalue weighted by atomic mass is 10.2. The number of nitrogens with one attached hydrogen (secondary N) is 1. The van der Waals surface area contributed by atoms with E-state index in [4.69, 9.17) is 5.11 Å². The lowest BCUT2D eigenvalue weighted by molar-refractivity contribution is -0.384. The van der Waals surface area contributed by atoms with E-state index in [0.29, 0.717) is 18.8 Å². The molecule has 0 radical (unpaired) electrons. The van der Waals surface area contributed by atoms with Crippen LogP contribution in [0.15, 0.2) is 18.2 Å². The van der Waals surface area contributed by atoms with Crippen molar-refractivity contribution in [1.29, 1.82) is 0 Å². The maximum Gasteiger partial charge on any atom is 0.273 e. The summed E-state index contributed by atoms with van der Waals surface area (Å²) >= 11 is 0. The van der Waals surface area contributed by atoms with Gasteiger partial charge in [-0.05, 0) is 13.0 Å². The van der Waals surface area contributed by atoms with E-state index in [2.05, 4.69) is 5.32 Å². The number of aliphatic hydroxyl groups is 1. The van der Waals surface area contributed by atoms with Gasteiger partial charge in [-0.3, -0.25) is 10.1 Å². The summed E-state index contributed by atoms with van der Waals surface area (Å²) in [5, 5.41) is 22.6. The Morgan fingerprint density at radius 1 is 1.47 bits per heavy atom. The normalized spacial score (nSPS) is 10.1. The van der Waals surface area contributed by atoms with E-state index in [1.807, 2.05) is 17.9 Å². The first-order valence-electron chi connectivity index (χ1n) is 5.45. The Hall–Kier alpha value is -1.82. The quantitative estimate of drug-likeness (QED) is 0.580. The Labute approximate surface area is 100 Å². The first-order valence-corrected chi connectivity index (χ1v) is 5.45. The molecule has 0 fully saturated rings. The second-order valence-electron chi connectivity index (χ2n) is 3.55. The number of benzene rings is 1. The van der Waals surface area contributed by atoms with Gasteiger partial charge in [-0.2, -0.15) is 0 Å². The van der Waals surface area contributed by atoms with Crippen LogP contribution < -0.4 is 10.2 Å². The molecule has 0 aliphatic carbocycles. The van der Waals surface area contributed by atoms with Crippen molar-refractivity contribution in [2.75, 3.05) is 37.0 Å². The van der Waals surface area contributed by atoms with Gasteiger partial charge in [0, 0.05) is 43.6 Å². The van der Waals surface area contributed by atoms with E-state index in [1.54, 1.807) is 7.05 Å². The molecule has 0 aliphatic rings. The molecule has 6 heteroatoms. The number of non-ortho nitro benzene ring substituents is 1. The third kappa shape index (κ3) is 3.32. The van der Waals surface area contributed by atoms with Gasteiger partial charge in [0.15, 0.2) is 0 Å². The van der Waals surface area contributed by atoms with Crippen molar-refractivity contribution in [3.05, 3.63) is 28.3 Å². The highest BCUT2D eigenvalue weighted by atomic mass is 16.6. The zero-order valence-corrected chi connectivity index (χ0v) is 10.0. The third-order valence-corrected chi connectivity index (χ3v) is 2.52. The standard InChI is InChI=1S/C11H17N3O3/c1-3-13(4-5-15)10-6-9(12-2)7-11(8-10)14(16)17/h6-8,12,15H,3-5H2,1-2H3. The molecule has 1 rings (SSSR count). The van der Waals surface area contributed by atoms with Gasteiger partial charge < -0.3 is 15.3 Å². The second kappa shape index (κ2) is 6.05. The summed E-state index contributed by atoms with van der Waals surface area (Å²) in [5.74, 6) is 0. The first-order chi connectivity index (χ1) is 8.12. The van der Waals surface area contributed by atoms with Crippen molar-refractivity contribution in [3.8, 4) is 0 Å². The third-order valence-electron chi connectivity index (χ3n) is 2.52. The van der Waals surface area contributed by atoms with Gasteiger partial charge in [0.2, 0.25) is 0 Å². The molecule has 2 N–H and O–H groups in total. The fourth-order valence-corrected chi connectivity index (χ4v) is 1.62. The van der Waals surface area contributed by atoms with Crippen molar-refractivity contribution in [1.82, 2.24) is 0 Å². The molecule has 0 saturated heterocycles. The monoisotopic (exact) mass is 239 g/mol. The van der Waals surface area contributed by atoms with E-state index in [1.165, 1.54) is 12.1 Å². The van der Waals surface area contributed by atoms with Crippen LogP contribution in [0.3, 0.4) is 0 Å². The maximum absolute atomic E-state index is 10.8. The summed E-state index contributed by atoms with van der Waals surface area (Å²) in [7, 11) is 1.71. The highest BCUT2D eigenvalue weighted by Crippen LogP contribution is 2.26. The van der Waals surface area contributed by atoms with Crippen molar-refractivity contribution in [2.45, 2.75) is 6.92 Å². The van der Waals surface area contributed by atoms with Crippen molar-refractivity contribution < 1.29 is 10.0 Å². The minimum Gasteiger partial charge on any atom is -0.395 e. The molecule has 0 saturated carbocycles. The molecule has 0 unspecified atom stereocenters. The van der Waals surface area contributed by atoms with Crippen LogP contribution in [0.5, 0.6) is 0 Å². The van der Waals surface area contributed by atoms with Crippen LogP contribution in [0.4, 0.5) is 17.1 Å². The fraction of sp³-hybridized carbons (Fsp3) is 0.455. The van der Waals surface area contributed by atoms with Crippen LogP contribution in [-0.2, 0) is 0 Å². The molecule has 1 aromatic carbocycles. The molecule has 0 heterocycles. The van der Waals surface area contributed by atoms with Crippen LogP contribution in [0.25, 0.3) is 0 Å². The maximum atomic E-state index is 10.8. The topological polar surface area (TPSA) is 78.6 Å². The minimum absolute atomic E-state index is 0.0193. The van der Waals surface area contributed by atoms with Crippen molar-refractivity contribution in [2.24, 2.45) is 0 Å². The molecule has 6 nitrogen and oxygen atoms in total. The Balaban J connectivity index is 3.12. The average molecular weight is 239 g/mol. The van der Waals surface area contributed by atoms with Gasteiger partial charge >= 0.3 is 0 Å². The smallest absolute Gasteiger partial charge is 0.273 e. The number of nitrogens with zero attached hydrogens (tertiary/aromatic N) is 2. The van der Waals surface area contributed by atoms with Crippen molar-refractivity contribution >= 4 is 17.1 Å². The van der Waals surface area contributed by atoms with E-state index in [0.717, 1.165) is 5.69 Å². The summed E-state index contributed by atoms with van der Waals surface area (Å²) < 4.78 is 0. The number of hydrogen-bond acceptors (Lipinski definition) is 5. The first kappa shape index (κ1) is 13.2. The number of rotatable bonds is 6. The fourth-order valence-electron chi connectivity index (χ4n) is 1.62. The van der Waals surface area contributed by atoms with Gasteiger partial charge in [-0.1, -0.05) is 0 Å². The van der Waals surface area contributed by atoms with Crippen LogP contribution in [0.1, 0.15) is 6.92 Å². The van der Waals surface area contributed by atoms with Crippen LogP contribution in [-0.4, -0.2) is 36.8 Å². The average Bonchev–Trinajstić information content (AvgIpc) is 2.35. The molecule has 1 aromatic rings. The van der Waals surface area contributed by atoms with Gasteiger partial charge in [-0.15, -0.1) is 0 Å². The number of hydrogen-bond donors (Lipinski definition) is 2. The molecule has 94 valence electrons. The molecule has 17 heavy (non-hydrogen) atoms. The zero-order chi connectivity index (χ0) is 12.8. The summed E-state index contributed by atoms with van der Waals surface area (Å²) in [6.45, 7) is 3.10. The highest BCUT2D eigenvalue weighted by molar-refractivity contribution is 5.64. The number of nitro benzene ring substituents is 1. The molecular weight excluding hydrogens is 222 g/mol. The number of anilines is 2. The lowest BCUT2D eigenvalue weighted by Gasteiger charge is -2.22. The minimum atomic E-state index is -0.420. The summed E-state index contributed by atoms with van der Waals surface area (Å²) in [6.07, 6.45) is 0. The van der Waals surface area contributed by atoms with Crippen LogP contribution >= 0.6 is 0 Å². The van der Waals surface area contributed by atoms with E-state index in [-0.39, 0.29) is 12.3 Å².